The molecule has 0 aliphatic carbocycles. The number of carbonyl (C=O) groups excluding carboxylic acids is 3. The number of nitrogens with two attached hydrogens (primary N) is 1. The molecular weight excluding hydrogens is 444 g/mol. The van der Waals surface area contributed by atoms with Gasteiger partial charge in [0, 0.05) is 12.8 Å². The number of phenolic OH excluding ortho intramolecular Hbond substituents is 1. The third-order valence-electron chi connectivity index (χ3n) is 4.93. The van der Waals surface area contributed by atoms with E-state index in [1.165, 1.54) is 24.3 Å². The molecule has 0 saturated heterocycles. The van der Waals surface area contributed by atoms with Crippen molar-refractivity contribution in [3.05, 3.63) is 65.7 Å². The van der Waals surface area contributed by atoms with Crippen molar-refractivity contribution in [2.45, 2.75) is 31.0 Å². The molecule has 0 aliphatic heterocycles. The molecule has 2 aromatic carbocycles. The molecule has 2 aromatic rings. The Morgan fingerprint density at radius 3 is 1.85 bits per heavy atom. The van der Waals surface area contributed by atoms with E-state index in [0.717, 1.165) is 0 Å². The van der Waals surface area contributed by atoms with E-state index in [-0.39, 0.29) is 18.6 Å². The topological polar surface area (TPSA) is 191 Å². The van der Waals surface area contributed by atoms with Crippen LogP contribution in [0.5, 0.6) is 5.75 Å². The van der Waals surface area contributed by atoms with E-state index >= 15 is 0 Å². The maximum Gasteiger partial charge on any atom is 0.326 e. The Morgan fingerprint density at radius 1 is 0.765 bits per heavy atom. The third kappa shape index (κ3) is 8.19. The highest BCUT2D eigenvalue weighted by Gasteiger charge is 2.29. The predicted octanol–water partition coefficient (Wildman–Crippen LogP) is -1.33. The number of aromatic hydroxyl groups is 1. The summed E-state index contributed by atoms with van der Waals surface area (Å²) in [6, 6.07) is 10.8. The molecule has 0 spiro atoms. The van der Waals surface area contributed by atoms with Crippen LogP contribution in [0.1, 0.15) is 11.1 Å². The number of carboxylic acids is 1. The van der Waals surface area contributed by atoms with E-state index in [1.807, 2.05) is 0 Å². The number of hydrogen-bond acceptors (Lipinski definition) is 7. The number of nitrogens with one attached hydrogen (secondary N) is 3. The van der Waals surface area contributed by atoms with E-state index in [9.17, 15) is 34.5 Å². The average Bonchev–Trinajstić information content (AvgIpc) is 2.83. The minimum atomic E-state index is -1.34. The summed E-state index contributed by atoms with van der Waals surface area (Å²) >= 11 is 0. The van der Waals surface area contributed by atoms with Crippen LogP contribution in [0.25, 0.3) is 0 Å². The van der Waals surface area contributed by atoms with Gasteiger partial charge in [0.2, 0.25) is 17.7 Å². The van der Waals surface area contributed by atoms with Gasteiger partial charge in [0.05, 0.1) is 13.2 Å². The van der Waals surface area contributed by atoms with Gasteiger partial charge in [-0.2, -0.15) is 0 Å². The number of rotatable bonds is 12. The quantitative estimate of drug-likeness (QED) is 0.197. The largest absolute Gasteiger partial charge is 0.508 e. The first-order valence-electron chi connectivity index (χ1n) is 10.5. The molecule has 182 valence electrons. The number of benzene rings is 2. The molecule has 34 heavy (non-hydrogen) atoms. The van der Waals surface area contributed by atoms with Crippen LogP contribution in [-0.4, -0.2) is 70.3 Å². The maximum atomic E-state index is 13.0. The van der Waals surface area contributed by atoms with Crippen LogP contribution in [-0.2, 0) is 32.0 Å². The first kappa shape index (κ1) is 26.3. The van der Waals surface area contributed by atoms with Gasteiger partial charge in [-0.05, 0) is 23.3 Å². The van der Waals surface area contributed by atoms with Crippen molar-refractivity contribution in [1.29, 1.82) is 0 Å². The molecule has 0 bridgehead atoms. The summed E-state index contributed by atoms with van der Waals surface area (Å²) in [4.78, 5) is 49.0. The van der Waals surface area contributed by atoms with Gasteiger partial charge in [-0.1, -0.05) is 42.5 Å². The standard InChI is InChI=1S/C23H28N4O7/c24-12-20(30)25-19(13-28)22(32)26-17(10-14-4-2-1-3-5-14)21(31)27-18(23(33)34)11-15-6-8-16(29)9-7-15/h1-9,17-19,28-29H,10-13,24H2,(H,25,30)(H,26,32)(H,27,31)(H,33,34). The Balaban J connectivity index is 2.19. The zero-order valence-electron chi connectivity index (χ0n) is 18.3. The lowest BCUT2D eigenvalue weighted by molar-refractivity contribution is -0.142. The summed E-state index contributed by atoms with van der Waals surface area (Å²) in [7, 11) is 0. The van der Waals surface area contributed by atoms with Gasteiger partial charge in [-0.3, -0.25) is 14.4 Å². The van der Waals surface area contributed by atoms with Crippen molar-refractivity contribution in [1.82, 2.24) is 16.0 Å². The number of hydrogen-bond donors (Lipinski definition) is 7. The fraction of sp³-hybridized carbons (Fsp3) is 0.304. The summed E-state index contributed by atoms with van der Waals surface area (Å²) in [6.07, 6.45) is -0.0217. The second-order valence-electron chi connectivity index (χ2n) is 7.53. The van der Waals surface area contributed by atoms with E-state index in [1.54, 1.807) is 30.3 Å². The van der Waals surface area contributed by atoms with Crippen LogP contribution in [0, 0.1) is 0 Å². The number of aliphatic hydroxyl groups excluding tert-OH is 1. The first-order chi connectivity index (χ1) is 16.2. The lowest BCUT2D eigenvalue weighted by Gasteiger charge is -2.24. The molecule has 0 aliphatic rings. The highest BCUT2D eigenvalue weighted by atomic mass is 16.4. The van der Waals surface area contributed by atoms with Crippen LogP contribution in [0.2, 0.25) is 0 Å². The smallest absolute Gasteiger partial charge is 0.326 e. The Labute approximate surface area is 196 Å². The van der Waals surface area contributed by atoms with Crippen LogP contribution in [0.4, 0.5) is 0 Å². The summed E-state index contributed by atoms with van der Waals surface area (Å²) in [5, 5.41) is 35.6. The molecule has 11 heteroatoms. The average molecular weight is 472 g/mol. The highest BCUT2D eigenvalue weighted by Crippen LogP contribution is 2.12. The second kappa shape index (κ2) is 12.9. The van der Waals surface area contributed by atoms with E-state index in [0.29, 0.717) is 11.1 Å². The van der Waals surface area contributed by atoms with Gasteiger partial charge in [0.1, 0.15) is 23.9 Å². The van der Waals surface area contributed by atoms with Crippen molar-refractivity contribution in [3.8, 4) is 5.75 Å². The molecule has 3 unspecified atom stereocenters. The van der Waals surface area contributed by atoms with Crippen LogP contribution in [0.15, 0.2) is 54.6 Å². The van der Waals surface area contributed by atoms with Crippen LogP contribution in [0.3, 0.4) is 0 Å². The van der Waals surface area contributed by atoms with Crippen molar-refractivity contribution in [2.75, 3.05) is 13.2 Å². The molecule has 0 fully saturated rings. The molecule has 3 amide bonds. The van der Waals surface area contributed by atoms with Crippen molar-refractivity contribution in [3.63, 3.8) is 0 Å². The van der Waals surface area contributed by atoms with Crippen molar-refractivity contribution in [2.24, 2.45) is 5.73 Å². The number of carbonyl (C=O) groups is 4. The zero-order valence-corrected chi connectivity index (χ0v) is 18.3. The first-order valence-corrected chi connectivity index (χ1v) is 10.5. The molecule has 0 aromatic heterocycles. The third-order valence-corrected chi connectivity index (χ3v) is 4.93. The number of amides is 3. The number of aliphatic hydroxyl groups is 1. The fourth-order valence-electron chi connectivity index (χ4n) is 3.12. The Hall–Kier alpha value is -3.96. The van der Waals surface area contributed by atoms with Crippen molar-refractivity contribution < 1.29 is 34.5 Å². The molecule has 8 N–H and O–H groups in total. The van der Waals surface area contributed by atoms with Gasteiger partial charge in [-0.15, -0.1) is 0 Å². The van der Waals surface area contributed by atoms with Crippen molar-refractivity contribution >= 4 is 23.7 Å². The predicted molar refractivity (Wildman–Crippen MR) is 122 cm³/mol. The lowest BCUT2D eigenvalue weighted by atomic mass is 10.0. The Kier molecular flexibility index (Phi) is 9.99. The number of aliphatic carboxylic acids is 1. The van der Waals surface area contributed by atoms with Gasteiger partial charge in [-0.25, -0.2) is 4.79 Å². The summed E-state index contributed by atoms with van der Waals surface area (Å²) in [6.45, 7) is -1.12. The van der Waals surface area contributed by atoms with Gasteiger partial charge >= 0.3 is 5.97 Å². The second-order valence-corrected chi connectivity index (χ2v) is 7.53. The molecule has 2 rings (SSSR count). The Morgan fingerprint density at radius 2 is 1.29 bits per heavy atom. The normalized spacial score (nSPS) is 13.2. The molecular formula is C23H28N4O7. The monoisotopic (exact) mass is 472 g/mol. The SMILES string of the molecule is NCC(=O)NC(CO)C(=O)NC(Cc1ccccc1)C(=O)NC(Cc1ccc(O)cc1)C(=O)O. The fourth-order valence-corrected chi connectivity index (χ4v) is 3.12. The molecule has 0 saturated carbocycles. The highest BCUT2D eigenvalue weighted by molar-refractivity contribution is 5.93. The summed E-state index contributed by atoms with van der Waals surface area (Å²) in [5.74, 6) is -3.52. The minimum Gasteiger partial charge on any atom is -0.508 e. The molecule has 0 heterocycles. The van der Waals surface area contributed by atoms with E-state index in [2.05, 4.69) is 16.0 Å². The number of phenols is 1. The van der Waals surface area contributed by atoms with E-state index < -0.39 is 55.0 Å². The molecule has 0 radical (unpaired) electrons. The van der Waals surface area contributed by atoms with Gasteiger partial charge in [0.15, 0.2) is 0 Å². The van der Waals surface area contributed by atoms with Crippen LogP contribution < -0.4 is 21.7 Å². The minimum absolute atomic E-state index is 0.0189. The Bertz CT molecular complexity index is 983. The van der Waals surface area contributed by atoms with Gasteiger partial charge < -0.3 is 37.0 Å². The summed E-state index contributed by atoms with van der Waals surface area (Å²) in [5.41, 5.74) is 6.49. The maximum absolute atomic E-state index is 13.0. The molecule has 11 nitrogen and oxygen atoms in total. The molecule has 3 atom stereocenters. The zero-order chi connectivity index (χ0) is 25.1. The summed E-state index contributed by atoms with van der Waals surface area (Å²) < 4.78 is 0. The van der Waals surface area contributed by atoms with E-state index in [4.69, 9.17) is 5.73 Å². The van der Waals surface area contributed by atoms with Gasteiger partial charge in [0.25, 0.3) is 0 Å². The van der Waals surface area contributed by atoms with Crippen LogP contribution >= 0.6 is 0 Å². The lowest BCUT2D eigenvalue weighted by Crippen LogP contribution is -2.57. The number of carboxylic acid groups (broad SMARTS) is 1.